The Hall–Kier alpha value is -3.01. The first-order valence-electron chi connectivity index (χ1n) is 7.60. The Morgan fingerprint density at radius 1 is 0.870 bits per heavy atom. The van der Waals surface area contributed by atoms with Crippen LogP contribution in [0.5, 0.6) is 0 Å². The van der Waals surface area contributed by atoms with E-state index in [1.165, 1.54) is 11.1 Å². The van der Waals surface area contributed by atoms with Gasteiger partial charge in [0, 0.05) is 0 Å². The van der Waals surface area contributed by atoms with Crippen LogP contribution in [0.25, 0.3) is 28.4 Å². The summed E-state index contributed by atoms with van der Waals surface area (Å²) in [5.74, 6) is 1.08. The number of benzene rings is 2. The van der Waals surface area contributed by atoms with Crippen molar-refractivity contribution in [3.63, 3.8) is 0 Å². The highest BCUT2D eigenvalue weighted by atomic mass is 15.2. The van der Waals surface area contributed by atoms with E-state index in [-0.39, 0.29) is 0 Å². The number of fused-ring (bicyclic) bond motifs is 1. The van der Waals surface area contributed by atoms with Gasteiger partial charge in [-0.1, -0.05) is 36.4 Å². The van der Waals surface area contributed by atoms with Crippen molar-refractivity contribution in [3.05, 3.63) is 72.6 Å². The molecule has 0 N–H and O–H groups in total. The van der Waals surface area contributed by atoms with Crippen molar-refractivity contribution in [2.45, 2.75) is 6.92 Å². The molecule has 4 heteroatoms. The van der Waals surface area contributed by atoms with Gasteiger partial charge in [-0.05, 0) is 30.7 Å². The average Bonchev–Trinajstić information content (AvgIpc) is 2.89. The van der Waals surface area contributed by atoms with E-state index in [0.717, 1.165) is 22.8 Å². The fraction of sp³-hybridized carbons (Fsp3) is 0.105. The second-order valence-electron chi connectivity index (χ2n) is 5.57. The average molecular weight is 301 g/mol. The third-order valence-corrected chi connectivity index (χ3v) is 4.12. The lowest BCUT2D eigenvalue weighted by Gasteiger charge is -2.07. The summed E-state index contributed by atoms with van der Waals surface area (Å²) in [4.78, 5) is 9.10. The van der Waals surface area contributed by atoms with Gasteiger partial charge in [-0.3, -0.25) is 0 Å². The van der Waals surface area contributed by atoms with Crippen molar-refractivity contribution in [3.8, 4) is 17.1 Å². The zero-order chi connectivity index (χ0) is 15.8. The maximum atomic E-state index is 4.57. The number of para-hydroxylation sites is 1. The molecule has 0 unspecified atom stereocenters. The fourth-order valence-corrected chi connectivity index (χ4v) is 3.01. The summed E-state index contributed by atoms with van der Waals surface area (Å²) in [6.07, 6.45) is 3.47. The van der Waals surface area contributed by atoms with Crippen LogP contribution in [-0.4, -0.2) is 14.5 Å². The molecule has 0 bridgehead atoms. The molecule has 2 aromatic carbocycles. The topological polar surface area (TPSA) is 34.6 Å². The first-order valence-corrected chi connectivity index (χ1v) is 7.60. The van der Waals surface area contributed by atoms with Gasteiger partial charge in [-0.2, -0.15) is 0 Å². The summed E-state index contributed by atoms with van der Waals surface area (Å²) in [5.41, 5.74) is 5.22. The van der Waals surface area contributed by atoms with Crippen molar-refractivity contribution < 1.29 is 4.57 Å². The lowest BCUT2D eigenvalue weighted by atomic mass is 10.1. The molecule has 2 aromatic heterocycles. The number of imidazole rings is 1. The number of rotatable bonds is 2. The molecule has 4 nitrogen and oxygen atoms in total. The van der Waals surface area contributed by atoms with Crippen molar-refractivity contribution in [1.29, 1.82) is 0 Å². The number of nitrogens with zero attached hydrogens (tertiary/aromatic N) is 4. The van der Waals surface area contributed by atoms with Gasteiger partial charge in [0.05, 0.1) is 18.8 Å². The van der Waals surface area contributed by atoms with Crippen LogP contribution in [0.4, 0.5) is 0 Å². The molecule has 2 heterocycles. The molecule has 0 atom stereocenters. The van der Waals surface area contributed by atoms with Gasteiger partial charge < -0.3 is 0 Å². The van der Waals surface area contributed by atoms with E-state index in [1.807, 2.05) is 25.2 Å². The molecule has 0 saturated carbocycles. The number of aryl methyl sites for hydroxylation is 2. The number of aromatic nitrogens is 4. The smallest absolute Gasteiger partial charge is 0.227 e. The largest absolute Gasteiger partial charge is 0.322 e. The molecule has 0 radical (unpaired) electrons. The van der Waals surface area contributed by atoms with Gasteiger partial charge in [0.15, 0.2) is 0 Å². The van der Waals surface area contributed by atoms with Crippen LogP contribution in [0, 0.1) is 6.92 Å². The van der Waals surface area contributed by atoms with E-state index in [2.05, 4.69) is 62.4 Å². The molecule has 4 rings (SSSR count). The van der Waals surface area contributed by atoms with Crippen LogP contribution in [0.3, 0.4) is 0 Å². The van der Waals surface area contributed by atoms with Gasteiger partial charge >= 0.3 is 5.65 Å². The molecule has 0 spiro atoms. The predicted octanol–water partition coefficient (Wildman–Crippen LogP) is 3.22. The van der Waals surface area contributed by atoms with Crippen molar-refractivity contribution >= 4 is 11.3 Å². The van der Waals surface area contributed by atoms with E-state index in [1.54, 1.807) is 12.4 Å². The fourth-order valence-electron chi connectivity index (χ4n) is 3.01. The quantitative estimate of drug-likeness (QED) is 0.533. The lowest BCUT2D eigenvalue weighted by Crippen LogP contribution is -2.31. The Morgan fingerprint density at radius 3 is 2.35 bits per heavy atom. The maximum Gasteiger partial charge on any atom is 0.322 e. The zero-order valence-corrected chi connectivity index (χ0v) is 13.1. The van der Waals surface area contributed by atoms with Gasteiger partial charge in [0.1, 0.15) is 11.9 Å². The Labute approximate surface area is 134 Å². The van der Waals surface area contributed by atoms with Crippen molar-refractivity contribution in [2.75, 3.05) is 0 Å². The molecular weight excluding hydrogens is 284 g/mol. The van der Waals surface area contributed by atoms with Gasteiger partial charge in [-0.25, -0.2) is 14.1 Å². The van der Waals surface area contributed by atoms with Crippen LogP contribution in [-0.2, 0) is 7.05 Å². The van der Waals surface area contributed by atoms with E-state index >= 15 is 0 Å². The van der Waals surface area contributed by atoms with Crippen LogP contribution in [0.2, 0.25) is 0 Å². The van der Waals surface area contributed by atoms with E-state index in [0.29, 0.717) is 0 Å². The van der Waals surface area contributed by atoms with E-state index < -0.39 is 0 Å². The van der Waals surface area contributed by atoms with Crippen LogP contribution >= 0.6 is 0 Å². The Bertz CT molecular complexity index is 987. The minimum atomic E-state index is 0.861. The lowest BCUT2D eigenvalue weighted by molar-refractivity contribution is -0.635. The van der Waals surface area contributed by atoms with Gasteiger partial charge in [0.25, 0.3) is 5.65 Å². The molecule has 112 valence electrons. The van der Waals surface area contributed by atoms with E-state index in [9.17, 15) is 0 Å². The number of hydrogen-bond acceptors (Lipinski definition) is 2. The van der Waals surface area contributed by atoms with Crippen LogP contribution in [0.1, 0.15) is 5.56 Å². The molecular formula is C19H17N4+. The monoisotopic (exact) mass is 301 g/mol. The van der Waals surface area contributed by atoms with Crippen molar-refractivity contribution in [2.24, 2.45) is 7.05 Å². The molecule has 0 aliphatic heterocycles. The summed E-state index contributed by atoms with van der Waals surface area (Å²) >= 11 is 0. The molecule has 0 aliphatic carbocycles. The molecule has 0 fully saturated rings. The molecule has 0 amide bonds. The third kappa shape index (κ3) is 2.11. The third-order valence-electron chi connectivity index (χ3n) is 4.12. The minimum Gasteiger partial charge on any atom is -0.227 e. The number of hydrogen-bond donors (Lipinski definition) is 0. The molecule has 23 heavy (non-hydrogen) atoms. The SMILES string of the molecule is Cc1ccccc1-c1n(-c2ccccc2)c2nccnc2[n+]1C. The summed E-state index contributed by atoms with van der Waals surface area (Å²) in [7, 11) is 2.04. The highest BCUT2D eigenvalue weighted by Gasteiger charge is 2.26. The zero-order valence-electron chi connectivity index (χ0n) is 13.1. The maximum absolute atomic E-state index is 4.57. The van der Waals surface area contributed by atoms with Gasteiger partial charge in [-0.15, -0.1) is 4.98 Å². The van der Waals surface area contributed by atoms with Gasteiger partial charge in [0.2, 0.25) is 5.82 Å². The first kappa shape index (κ1) is 13.6. The highest BCUT2D eigenvalue weighted by Crippen LogP contribution is 2.27. The second-order valence-corrected chi connectivity index (χ2v) is 5.57. The summed E-state index contributed by atoms with van der Waals surface area (Å²) in [6, 6.07) is 18.7. The van der Waals surface area contributed by atoms with E-state index in [4.69, 9.17) is 0 Å². The molecule has 0 aliphatic rings. The Kier molecular flexibility index (Phi) is 3.15. The minimum absolute atomic E-state index is 0.861. The summed E-state index contributed by atoms with van der Waals surface area (Å²) in [6.45, 7) is 2.13. The summed E-state index contributed by atoms with van der Waals surface area (Å²) in [5, 5.41) is 0. The van der Waals surface area contributed by atoms with Crippen molar-refractivity contribution in [1.82, 2.24) is 14.5 Å². The molecule has 0 saturated heterocycles. The Balaban J connectivity index is 2.16. The normalized spacial score (nSPS) is 11.0. The van der Waals surface area contributed by atoms with Crippen LogP contribution < -0.4 is 4.57 Å². The summed E-state index contributed by atoms with van der Waals surface area (Å²) < 4.78 is 4.28. The highest BCUT2D eigenvalue weighted by molar-refractivity contribution is 5.73. The standard InChI is InChI=1S/C19H17N4/c1-14-8-6-7-11-16(14)19-22(2)17-18(21-13-12-20-17)23(19)15-9-4-3-5-10-15/h3-13H,1-2H3/q+1. The first-order chi connectivity index (χ1) is 11.3. The van der Waals surface area contributed by atoms with Crippen LogP contribution in [0.15, 0.2) is 67.0 Å². The molecule has 4 aromatic rings. The Morgan fingerprint density at radius 2 is 1.57 bits per heavy atom. The second kappa shape index (κ2) is 5.32. The predicted molar refractivity (Wildman–Crippen MR) is 90.2 cm³/mol.